The quantitative estimate of drug-likeness (QED) is 0.390. The van der Waals surface area contributed by atoms with E-state index >= 15 is 0 Å². The smallest absolute Gasteiger partial charge is 0.140 e. The van der Waals surface area contributed by atoms with E-state index in [-0.39, 0.29) is 0 Å². The lowest BCUT2D eigenvalue weighted by molar-refractivity contribution is 0.456. The van der Waals surface area contributed by atoms with Gasteiger partial charge in [-0.3, -0.25) is 0 Å². The second-order valence-corrected chi connectivity index (χ2v) is 10.2. The first-order valence-electron chi connectivity index (χ1n) is 13.1. The summed E-state index contributed by atoms with van der Waals surface area (Å²) in [5.74, 6) is 2.56. The minimum Gasteiger partial charge on any atom is -0.506 e. The van der Waals surface area contributed by atoms with E-state index in [0.717, 1.165) is 33.9 Å². The summed E-state index contributed by atoms with van der Waals surface area (Å²) < 4.78 is 0. The van der Waals surface area contributed by atoms with Crippen molar-refractivity contribution in [1.29, 1.82) is 0 Å². The number of aromatic hydroxyl groups is 2. The SMILES string of the molecule is Cc1nc(NC2CCCCC2)c(C)c(C)c1O.Cc1nc(NC2CCCCC2)c(C)c(C)c1O. The van der Waals surface area contributed by atoms with Crippen molar-refractivity contribution in [3.05, 3.63) is 33.6 Å². The molecule has 2 aromatic rings. The normalized spacial score (nSPS) is 17.1. The van der Waals surface area contributed by atoms with Gasteiger partial charge in [-0.1, -0.05) is 38.5 Å². The molecule has 4 N–H and O–H groups in total. The van der Waals surface area contributed by atoms with Gasteiger partial charge in [0, 0.05) is 12.1 Å². The maximum absolute atomic E-state index is 9.83. The van der Waals surface area contributed by atoms with E-state index < -0.39 is 0 Å². The third-order valence-corrected chi connectivity index (χ3v) is 7.68. The molecule has 6 nitrogen and oxygen atoms in total. The first kappa shape index (κ1) is 26.1. The molecule has 0 amide bonds. The van der Waals surface area contributed by atoms with Gasteiger partial charge in [0.2, 0.25) is 0 Å². The van der Waals surface area contributed by atoms with E-state index in [9.17, 15) is 10.2 Å². The molecule has 0 radical (unpaired) electrons. The van der Waals surface area contributed by atoms with Gasteiger partial charge in [0.25, 0.3) is 0 Å². The summed E-state index contributed by atoms with van der Waals surface area (Å²) in [6, 6.07) is 1.11. The summed E-state index contributed by atoms with van der Waals surface area (Å²) in [6.45, 7) is 11.7. The van der Waals surface area contributed by atoms with Crippen molar-refractivity contribution in [3.63, 3.8) is 0 Å². The molecule has 2 aromatic heterocycles. The standard InChI is InChI=1S/2C14H22N2O/c2*1-9-10(2)14(15-11(3)13(9)17)16-12-7-5-4-6-8-12/h2*12,17H,4-8H2,1-3H3,(H,15,16). The van der Waals surface area contributed by atoms with Crippen LogP contribution in [0.2, 0.25) is 0 Å². The summed E-state index contributed by atoms with van der Waals surface area (Å²) in [5.41, 5.74) is 5.45. The van der Waals surface area contributed by atoms with E-state index in [2.05, 4.69) is 20.6 Å². The van der Waals surface area contributed by atoms with E-state index in [1.54, 1.807) is 0 Å². The van der Waals surface area contributed by atoms with Gasteiger partial charge in [-0.05, 0) is 89.5 Å². The molecule has 0 aliphatic heterocycles. The number of nitrogens with one attached hydrogen (secondary N) is 2. The minimum absolute atomic E-state index is 0.330. The Kier molecular flexibility index (Phi) is 9.03. The van der Waals surface area contributed by atoms with Crippen LogP contribution in [0, 0.1) is 41.5 Å². The maximum Gasteiger partial charge on any atom is 0.140 e. The lowest BCUT2D eigenvalue weighted by Crippen LogP contribution is -2.23. The number of aryl methyl sites for hydroxylation is 2. The van der Waals surface area contributed by atoms with Crippen LogP contribution >= 0.6 is 0 Å². The molecule has 0 spiro atoms. The van der Waals surface area contributed by atoms with Crippen molar-refractivity contribution >= 4 is 11.6 Å². The number of aromatic nitrogens is 2. The summed E-state index contributed by atoms with van der Waals surface area (Å²) in [4.78, 5) is 8.93. The highest BCUT2D eigenvalue weighted by Gasteiger charge is 2.18. The Morgan fingerprint density at radius 2 is 0.853 bits per heavy atom. The number of nitrogens with zero attached hydrogens (tertiary/aromatic N) is 2. The zero-order valence-electron chi connectivity index (χ0n) is 22.0. The Morgan fingerprint density at radius 1 is 0.529 bits per heavy atom. The van der Waals surface area contributed by atoms with Crippen LogP contribution < -0.4 is 10.6 Å². The molecule has 0 saturated heterocycles. The Morgan fingerprint density at radius 3 is 1.18 bits per heavy atom. The van der Waals surface area contributed by atoms with Crippen LogP contribution in [0.4, 0.5) is 11.6 Å². The highest BCUT2D eigenvalue weighted by Crippen LogP contribution is 2.31. The molecule has 188 valence electrons. The van der Waals surface area contributed by atoms with Crippen molar-refractivity contribution in [2.24, 2.45) is 0 Å². The summed E-state index contributed by atoms with van der Waals surface area (Å²) in [5, 5.41) is 26.7. The third kappa shape index (κ3) is 6.34. The van der Waals surface area contributed by atoms with Crippen LogP contribution in [0.25, 0.3) is 0 Å². The first-order valence-corrected chi connectivity index (χ1v) is 13.1. The number of hydrogen-bond acceptors (Lipinski definition) is 6. The van der Waals surface area contributed by atoms with Crippen LogP contribution in [0.5, 0.6) is 11.5 Å². The van der Waals surface area contributed by atoms with Crippen molar-refractivity contribution in [2.75, 3.05) is 10.6 Å². The first-order chi connectivity index (χ1) is 16.2. The van der Waals surface area contributed by atoms with Gasteiger partial charge in [0.1, 0.15) is 23.1 Å². The molecular weight excluding hydrogens is 424 g/mol. The van der Waals surface area contributed by atoms with E-state index in [1.165, 1.54) is 64.2 Å². The number of rotatable bonds is 4. The van der Waals surface area contributed by atoms with Crippen molar-refractivity contribution < 1.29 is 10.2 Å². The molecule has 2 aliphatic carbocycles. The van der Waals surface area contributed by atoms with Crippen LogP contribution in [-0.2, 0) is 0 Å². The lowest BCUT2D eigenvalue weighted by atomic mass is 9.95. The number of pyridine rings is 2. The summed E-state index contributed by atoms with van der Waals surface area (Å²) in [6.07, 6.45) is 12.9. The van der Waals surface area contributed by atoms with Crippen LogP contribution in [0.15, 0.2) is 0 Å². The van der Waals surface area contributed by atoms with Gasteiger partial charge >= 0.3 is 0 Å². The molecule has 0 bridgehead atoms. The molecule has 2 saturated carbocycles. The van der Waals surface area contributed by atoms with E-state index in [4.69, 9.17) is 0 Å². The van der Waals surface area contributed by atoms with Gasteiger partial charge in [-0.15, -0.1) is 0 Å². The summed E-state index contributed by atoms with van der Waals surface area (Å²) in [7, 11) is 0. The highest BCUT2D eigenvalue weighted by atomic mass is 16.3. The van der Waals surface area contributed by atoms with Gasteiger partial charge in [0.05, 0.1) is 11.4 Å². The number of anilines is 2. The van der Waals surface area contributed by atoms with Gasteiger partial charge in [0.15, 0.2) is 0 Å². The van der Waals surface area contributed by atoms with Crippen molar-refractivity contribution in [3.8, 4) is 11.5 Å². The maximum atomic E-state index is 9.83. The number of hydrogen-bond donors (Lipinski definition) is 4. The van der Waals surface area contributed by atoms with Crippen molar-refractivity contribution in [1.82, 2.24) is 9.97 Å². The van der Waals surface area contributed by atoms with Crippen LogP contribution in [0.1, 0.15) is 97.8 Å². The van der Waals surface area contributed by atoms with Crippen LogP contribution in [-0.4, -0.2) is 32.3 Å². The molecular formula is C28H44N4O2. The zero-order valence-corrected chi connectivity index (χ0v) is 22.0. The average molecular weight is 469 g/mol. The van der Waals surface area contributed by atoms with Gasteiger partial charge in [-0.25, -0.2) is 9.97 Å². The zero-order chi connectivity index (χ0) is 24.8. The van der Waals surface area contributed by atoms with Gasteiger partial charge < -0.3 is 20.8 Å². The fourth-order valence-corrected chi connectivity index (χ4v) is 5.02. The molecule has 2 heterocycles. The van der Waals surface area contributed by atoms with Crippen LogP contribution in [0.3, 0.4) is 0 Å². The van der Waals surface area contributed by atoms with Gasteiger partial charge in [-0.2, -0.15) is 0 Å². The molecule has 0 atom stereocenters. The Hall–Kier alpha value is -2.50. The largest absolute Gasteiger partial charge is 0.506 e. The molecule has 2 fully saturated rings. The molecule has 34 heavy (non-hydrogen) atoms. The Bertz CT molecular complexity index is 898. The predicted octanol–water partition coefficient (Wildman–Crippen LogP) is 6.91. The van der Waals surface area contributed by atoms with Crippen molar-refractivity contribution in [2.45, 2.75) is 118 Å². The molecule has 4 rings (SSSR count). The minimum atomic E-state index is 0.330. The van der Waals surface area contributed by atoms with E-state index in [0.29, 0.717) is 35.0 Å². The Balaban J connectivity index is 0.000000191. The molecule has 0 unspecified atom stereocenters. The fourth-order valence-electron chi connectivity index (χ4n) is 5.02. The average Bonchev–Trinajstić information content (AvgIpc) is 2.85. The monoisotopic (exact) mass is 468 g/mol. The Labute approximate surface area is 205 Å². The molecule has 6 heteroatoms. The topological polar surface area (TPSA) is 90.3 Å². The second-order valence-electron chi connectivity index (χ2n) is 10.2. The summed E-state index contributed by atoms with van der Waals surface area (Å²) >= 11 is 0. The molecule has 0 aromatic carbocycles. The molecule has 2 aliphatic rings. The predicted molar refractivity (Wildman–Crippen MR) is 141 cm³/mol. The highest BCUT2D eigenvalue weighted by molar-refractivity contribution is 5.55. The lowest BCUT2D eigenvalue weighted by Gasteiger charge is -2.25. The van der Waals surface area contributed by atoms with E-state index in [1.807, 2.05) is 41.5 Å². The second kappa shape index (κ2) is 11.8. The third-order valence-electron chi connectivity index (χ3n) is 7.68. The fraction of sp³-hybridized carbons (Fsp3) is 0.643.